The fourth-order valence-corrected chi connectivity index (χ4v) is 1.39. The Balaban J connectivity index is 2.00. The minimum atomic E-state index is -0.484. The van der Waals surface area contributed by atoms with Gasteiger partial charge in [-0.2, -0.15) is 0 Å². The standard InChI is InChI=1S/C8H12N2O/c11-8(5-10-6-8)3-7-1-2-9-4-7/h1-2,4,9-11H,3,5-6H2. The minimum absolute atomic E-state index is 0.484. The van der Waals surface area contributed by atoms with Crippen molar-refractivity contribution in [1.29, 1.82) is 0 Å². The molecule has 3 heteroatoms. The highest BCUT2D eigenvalue weighted by molar-refractivity contribution is 5.14. The molecule has 1 aromatic heterocycles. The Kier molecular flexibility index (Phi) is 1.47. The first kappa shape index (κ1) is 6.88. The van der Waals surface area contributed by atoms with Crippen LogP contribution in [0.5, 0.6) is 0 Å². The summed E-state index contributed by atoms with van der Waals surface area (Å²) in [5, 5.41) is 12.8. The molecule has 3 N–H and O–H groups in total. The van der Waals surface area contributed by atoms with Crippen LogP contribution in [0.1, 0.15) is 5.56 Å². The van der Waals surface area contributed by atoms with E-state index in [1.165, 1.54) is 5.56 Å². The average molecular weight is 152 g/mol. The van der Waals surface area contributed by atoms with E-state index in [9.17, 15) is 5.11 Å². The largest absolute Gasteiger partial charge is 0.387 e. The first-order valence-corrected chi connectivity index (χ1v) is 3.83. The molecule has 0 aliphatic carbocycles. The molecule has 0 radical (unpaired) electrons. The van der Waals surface area contributed by atoms with Crippen LogP contribution in [0, 0.1) is 0 Å². The van der Waals surface area contributed by atoms with Crippen molar-refractivity contribution in [3.8, 4) is 0 Å². The molecule has 0 saturated carbocycles. The van der Waals surface area contributed by atoms with Gasteiger partial charge in [0.2, 0.25) is 0 Å². The quantitative estimate of drug-likeness (QED) is 0.554. The summed E-state index contributed by atoms with van der Waals surface area (Å²) in [5.41, 5.74) is 0.691. The lowest BCUT2D eigenvalue weighted by molar-refractivity contribution is -0.00899. The SMILES string of the molecule is OC1(Cc2cc[nH]c2)CNC1. The fourth-order valence-electron chi connectivity index (χ4n) is 1.39. The third-order valence-corrected chi connectivity index (χ3v) is 2.10. The van der Waals surface area contributed by atoms with Crippen molar-refractivity contribution in [3.05, 3.63) is 24.0 Å². The Labute approximate surface area is 65.4 Å². The average Bonchev–Trinajstić information content (AvgIpc) is 2.36. The zero-order valence-electron chi connectivity index (χ0n) is 6.30. The van der Waals surface area contributed by atoms with Crippen molar-refractivity contribution in [3.63, 3.8) is 0 Å². The molecule has 11 heavy (non-hydrogen) atoms. The van der Waals surface area contributed by atoms with Gasteiger partial charge in [0.15, 0.2) is 0 Å². The maximum Gasteiger partial charge on any atom is 0.0935 e. The molecule has 0 spiro atoms. The lowest BCUT2D eigenvalue weighted by Crippen LogP contribution is -2.60. The van der Waals surface area contributed by atoms with E-state index >= 15 is 0 Å². The van der Waals surface area contributed by atoms with E-state index in [0.29, 0.717) is 0 Å². The van der Waals surface area contributed by atoms with Crippen molar-refractivity contribution in [2.24, 2.45) is 0 Å². The second kappa shape index (κ2) is 2.36. The maximum absolute atomic E-state index is 9.71. The van der Waals surface area contributed by atoms with Crippen molar-refractivity contribution < 1.29 is 5.11 Å². The molecule has 1 aromatic rings. The van der Waals surface area contributed by atoms with Gasteiger partial charge >= 0.3 is 0 Å². The molecule has 1 aliphatic rings. The first-order valence-electron chi connectivity index (χ1n) is 3.83. The highest BCUT2D eigenvalue weighted by atomic mass is 16.3. The third-order valence-electron chi connectivity index (χ3n) is 2.10. The van der Waals surface area contributed by atoms with E-state index < -0.39 is 5.60 Å². The van der Waals surface area contributed by atoms with Crippen LogP contribution < -0.4 is 5.32 Å². The highest BCUT2D eigenvalue weighted by Gasteiger charge is 2.34. The van der Waals surface area contributed by atoms with E-state index in [1.54, 1.807) is 0 Å². The molecule has 3 nitrogen and oxygen atoms in total. The molecule has 1 saturated heterocycles. The molecule has 0 aromatic carbocycles. The molecule has 2 rings (SSSR count). The van der Waals surface area contributed by atoms with Gasteiger partial charge in [0, 0.05) is 31.9 Å². The lowest BCUT2D eigenvalue weighted by atomic mass is 9.90. The number of H-pyrrole nitrogens is 1. The van der Waals surface area contributed by atoms with Crippen LogP contribution in [0.3, 0.4) is 0 Å². The van der Waals surface area contributed by atoms with Gasteiger partial charge in [-0.3, -0.25) is 0 Å². The Morgan fingerprint density at radius 1 is 1.55 bits per heavy atom. The predicted octanol–water partition coefficient (Wildman–Crippen LogP) is -0.109. The van der Waals surface area contributed by atoms with Crippen LogP contribution in [-0.4, -0.2) is 28.8 Å². The molecule has 2 heterocycles. The van der Waals surface area contributed by atoms with Gasteiger partial charge in [-0.15, -0.1) is 0 Å². The van der Waals surface area contributed by atoms with Crippen molar-refractivity contribution in [2.45, 2.75) is 12.0 Å². The van der Waals surface area contributed by atoms with E-state index in [1.807, 2.05) is 18.5 Å². The van der Waals surface area contributed by atoms with Gasteiger partial charge < -0.3 is 15.4 Å². The summed E-state index contributed by atoms with van der Waals surface area (Å²) in [5.74, 6) is 0. The topological polar surface area (TPSA) is 48.0 Å². The molecular weight excluding hydrogens is 140 g/mol. The first-order chi connectivity index (χ1) is 5.29. The van der Waals surface area contributed by atoms with Gasteiger partial charge in [0.1, 0.15) is 0 Å². The molecule has 0 unspecified atom stereocenters. The number of nitrogens with one attached hydrogen (secondary N) is 2. The van der Waals surface area contributed by atoms with Gasteiger partial charge in [0.05, 0.1) is 5.60 Å². The summed E-state index contributed by atoms with van der Waals surface area (Å²) in [6, 6.07) is 2.00. The van der Waals surface area contributed by atoms with Gasteiger partial charge in [-0.25, -0.2) is 0 Å². The van der Waals surface area contributed by atoms with Crippen LogP contribution in [0.2, 0.25) is 0 Å². The van der Waals surface area contributed by atoms with E-state index in [-0.39, 0.29) is 0 Å². The molecule has 1 aliphatic heterocycles. The zero-order chi connectivity index (χ0) is 7.73. The van der Waals surface area contributed by atoms with Crippen LogP contribution in [0.4, 0.5) is 0 Å². The Morgan fingerprint density at radius 2 is 2.36 bits per heavy atom. The molecule has 0 bridgehead atoms. The fraction of sp³-hybridized carbons (Fsp3) is 0.500. The van der Waals surface area contributed by atoms with Gasteiger partial charge in [-0.05, 0) is 11.6 Å². The number of aromatic amines is 1. The van der Waals surface area contributed by atoms with Crippen LogP contribution in [-0.2, 0) is 6.42 Å². The zero-order valence-corrected chi connectivity index (χ0v) is 6.30. The summed E-state index contributed by atoms with van der Waals surface area (Å²) >= 11 is 0. The molecule has 60 valence electrons. The van der Waals surface area contributed by atoms with Crippen LogP contribution >= 0.6 is 0 Å². The van der Waals surface area contributed by atoms with E-state index in [0.717, 1.165) is 19.5 Å². The van der Waals surface area contributed by atoms with Gasteiger partial charge in [0.25, 0.3) is 0 Å². The van der Waals surface area contributed by atoms with Crippen molar-refractivity contribution in [2.75, 3.05) is 13.1 Å². The van der Waals surface area contributed by atoms with Crippen molar-refractivity contribution >= 4 is 0 Å². The number of hydrogen-bond acceptors (Lipinski definition) is 2. The predicted molar refractivity (Wildman–Crippen MR) is 42.3 cm³/mol. The number of aromatic nitrogens is 1. The number of hydrogen-bond donors (Lipinski definition) is 3. The normalized spacial score (nSPS) is 21.2. The number of rotatable bonds is 2. The lowest BCUT2D eigenvalue weighted by Gasteiger charge is -2.37. The minimum Gasteiger partial charge on any atom is -0.387 e. The second-order valence-electron chi connectivity index (χ2n) is 3.22. The number of β-amino-alcohol motifs (C(OH)–C–C–N with tert-alkyl or cyclic N) is 1. The molecule has 0 amide bonds. The summed E-state index contributed by atoms with van der Waals surface area (Å²) in [6.07, 6.45) is 4.56. The summed E-state index contributed by atoms with van der Waals surface area (Å²) in [6.45, 7) is 1.44. The van der Waals surface area contributed by atoms with E-state index in [4.69, 9.17) is 0 Å². The van der Waals surface area contributed by atoms with Crippen LogP contribution in [0.25, 0.3) is 0 Å². The van der Waals surface area contributed by atoms with E-state index in [2.05, 4.69) is 10.3 Å². The summed E-state index contributed by atoms with van der Waals surface area (Å²) < 4.78 is 0. The van der Waals surface area contributed by atoms with Gasteiger partial charge in [-0.1, -0.05) is 0 Å². The number of aliphatic hydroxyl groups is 1. The monoisotopic (exact) mass is 152 g/mol. The Hall–Kier alpha value is -0.800. The second-order valence-corrected chi connectivity index (χ2v) is 3.22. The highest BCUT2D eigenvalue weighted by Crippen LogP contribution is 2.16. The third kappa shape index (κ3) is 1.29. The summed E-state index contributed by atoms with van der Waals surface area (Å²) in [7, 11) is 0. The van der Waals surface area contributed by atoms with Crippen LogP contribution in [0.15, 0.2) is 18.5 Å². The summed E-state index contributed by atoms with van der Waals surface area (Å²) in [4.78, 5) is 2.97. The Bertz CT molecular complexity index is 226. The molecule has 0 atom stereocenters. The molecule has 1 fully saturated rings. The smallest absolute Gasteiger partial charge is 0.0935 e. The maximum atomic E-state index is 9.71. The Morgan fingerprint density at radius 3 is 2.82 bits per heavy atom. The van der Waals surface area contributed by atoms with Crippen molar-refractivity contribution in [1.82, 2.24) is 10.3 Å². The molecular formula is C8H12N2O.